The van der Waals surface area contributed by atoms with E-state index >= 15 is 0 Å². The molecule has 1 saturated carbocycles. The highest BCUT2D eigenvalue weighted by Crippen LogP contribution is 2.40. The minimum atomic E-state index is -0.458. The monoisotopic (exact) mass is 251 g/mol. The van der Waals surface area contributed by atoms with E-state index < -0.39 is 5.91 Å². The van der Waals surface area contributed by atoms with Gasteiger partial charge in [-0.2, -0.15) is 0 Å². The Morgan fingerprint density at radius 2 is 2.35 bits per heavy atom. The first-order chi connectivity index (χ1) is 8.24. The van der Waals surface area contributed by atoms with Crippen molar-refractivity contribution in [2.45, 2.75) is 18.8 Å². The van der Waals surface area contributed by atoms with Gasteiger partial charge in [0, 0.05) is 11.3 Å². The molecule has 0 atom stereocenters. The van der Waals surface area contributed by atoms with Crippen LogP contribution in [0, 0.1) is 0 Å². The Kier molecular flexibility index (Phi) is 2.29. The topological polar surface area (TPSA) is 107 Å². The highest BCUT2D eigenvalue weighted by atomic mass is 32.1. The number of amides is 1. The van der Waals surface area contributed by atoms with Gasteiger partial charge < -0.3 is 5.73 Å². The molecule has 7 nitrogen and oxygen atoms in total. The van der Waals surface area contributed by atoms with Crippen LogP contribution in [0.2, 0.25) is 0 Å². The molecule has 3 N–H and O–H groups in total. The Labute approximate surface area is 100.0 Å². The minimum Gasteiger partial charge on any atom is -0.379 e. The molecule has 0 bridgehead atoms. The number of hydrogen-bond donors (Lipinski definition) is 2. The van der Waals surface area contributed by atoms with E-state index in [9.17, 15) is 4.79 Å². The molecule has 1 fully saturated rings. The Morgan fingerprint density at radius 1 is 1.53 bits per heavy atom. The van der Waals surface area contributed by atoms with Crippen molar-refractivity contribution in [1.82, 2.24) is 15.3 Å². The van der Waals surface area contributed by atoms with Crippen LogP contribution < -0.4 is 11.1 Å². The number of nitrogen functional groups attached to an aromatic ring is 1. The predicted molar refractivity (Wildman–Crippen MR) is 60.8 cm³/mol. The van der Waals surface area contributed by atoms with Crippen LogP contribution in [0.1, 0.15) is 34.9 Å². The third kappa shape index (κ3) is 1.98. The lowest BCUT2D eigenvalue weighted by Gasteiger charge is -1.96. The molecule has 2 aromatic heterocycles. The average molecular weight is 251 g/mol. The third-order valence-electron chi connectivity index (χ3n) is 2.47. The lowest BCUT2D eigenvalue weighted by molar-refractivity contribution is 0.101. The fourth-order valence-corrected chi connectivity index (χ4v) is 2.21. The minimum absolute atomic E-state index is 0.0202. The molecule has 0 aliphatic heterocycles. The largest absolute Gasteiger partial charge is 0.379 e. The van der Waals surface area contributed by atoms with Gasteiger partial charge in [-0.1, -0.05) is 0 Å². The van der Waals surface area contributed by atoms with Crippen LogP contribution in [0.3, 0.4) is 0 Å². The van der Waals surface area contributed by atoms with Crippen LogP contribution in [0.4, 0.5) is 10.9 Å². The van der Waals surface area contributed by atoms with E-state index in [-0.39, 0.29) is 11.5 Å². The van der Waals surface area contributed by atoms with Gasteiger partial charge in [-0.3, -0.25) is 10.1 Å². The Morgan fingerprint density at radius 3 is 3.00 bits per heavy atom. The molecule has 0 radical (unpaired) electrons. The molecule has 0 spiro atoms. The Hall–Kier alpha value is -1.96. The molecule has 0 aromatic carbocycles. The highest BCUT2D eigenvalue weighted by molar-refractivity contribution is 7.14. The highest BCUT2D eigenvalue weighted by Gasteiger charge is 2.26. The summed E-state index contributed by atoms with van der Waals surface area (Å²) in [5, 5.41) is 11.9. The number of nitrogens with two attached hydrogens (primary N) is 1. The number of aromatic nitrogens is 3. The standard InChI is InChI=1S/C9H9N5O2S/c10-7-6(13-16-14-7)8(15)12-9-11-5(3-17-9)4-1-2-4/h3-4H,1-2H2,(H2,10,14)(H,11,12,15). The molecule has 88 valence electrons. The summed E-state index contributed by atoms with van der Waals surface area (Å²) in [6, 6.07) is 0. The van der Waals surface area contributed by atoms with Gasteiger partial charge in [0.15, 0.2) is 5.13 Å². The van der Waals surface area contributed by atoms with Gasteiger partial charge in [0.05, 0.1) is 5.69 Å². The summed E-state index contributed by atoms with van der Waals surface area (Å²) in [4.78, 5) is 16.0. The van der Waals surface area contributed by atoms with Crippen molar-refractivity contribution < 1.29 is 9.42 Å². The summed E-state index contributed by atoms with van der Waals surface area (Å²) in [5.74, 6) is 0.0811. The fraction of sp³-hybridized carbons (Fsp3) is 0.333. The molecule has 0 unspecified atom stereocenters. The maximum absolute atomic E-state index is 11.7. The molecule has 0 saturated heterocycles. The second-order valence-corrected chi connectivity index (χ2v) is 4.66. The number of rotatable bonds is 3. The zero-order valence-corrected chi connectivity index (χ0v) is 9.53. The van der Waals surface area contributed by atoms with Crippen molar-refractivity contribution in [2.24, 2.45) is 0 Å². The lowest BCUT2D eigenvalue weighted by atomic mass is 10.3. The zero-order chi connectivity index (χ0) is 11.8. The van der Waals surface area contributed by atoms with Gasteiger partial charge in [0.1, 0.15) is 0 Å². The molecule has 1 aliphatic carbocycles. The normalized spacial score (nSPS) is 14.8. The van der Waals surface area contributed by atoms with Crippen molar-refractivity contribution >= 4 is 28.2 Å². The summed E-state index contributed by atoms with van der Waals surface area (Å²) < 4.78 is 4.35. The number of hydrogen-bond acceptors (Lipinski definition) is 7. The second kappa shape index (κ2) is 3.81. The van der Waals surface area contributed by atoms with E-state index in [0.29, 0.717) is 11.0 Å². The smallest absolute Gasteiger partial charge is 0.283 e. The summed E-state index contributed by atoms with van der Waals surface area (Å²) in [5.41, 5.74) is 6.43. The second-order valence-electron chi connectivity index (χ2n) is 3.80. The summed E-state index contributed by atoms with van der Waals surface area (Å²) >= 11 is 1.39. The van der Waals surface area contributed by atoms with Crippen molar-refractivity contribution in [3.05, 3.63) is 16.8 Å². The molecule has 2 heterocycles. The summed E-state index contributed by atoms with van der Waals surface area (Å²) in [6.45, 7) is 0. The van der Waals surface area contributed by atoms with E-state index in [4.69, 9.17) is 5.73 Å². The SMILES string of the molecule is Nc1nonc1C(=O)Nc1nc(C2CC2)cs1. The Bertz CT molecular complexity index is 559. The third-order valence-corrected chi connectivity index (χ3v) is 3.24. The van der Waals surface area contributed by atoms with Crippen LogP contribution in [0.15, 0.2) is 10.0 Å². The molecule has 1 amide bonds. The van der Waals surface area contributed by atoms with Crippen molar-refractivity contribution in [2.75, 3.05) is 11.1 Å². The number of nitrogens with one attached hydrogen (secondary N) is 1. The van der Waals surface area contributed by atoms with Gasteiger partial charge in [-0.25, -0.2) is 9.61 Å². The molecule has 1 aliphatic rings. The number of carbonyl (C=O) groups is 1. The van der Waals surface area contributed by atoms with Gasteiger partial charge in [0.2, 0.25) is 11.5 Å². The van der Waals surface area contributed by atoms with Crippen molar-refractivity contribution in [3.8, 4) is 0 Å². The van der Waals surface area contributed by atoms with Crippen molar-refractivity contribution in [3.63, 3.8) is 0 Å². The van der Waals surface area contributed by atoms with E-state index in [1.807, 2.05) is 5.38 Å². The van der Waals surface area contributed by atoms with Gasteiger partial charge >= 0.3 is 0 Å². The van der Waals surface area contributed by atoms with E-state index in [2.05, 4.69) is 25.2 Å². The van der Waals surface area contributed by atoms with E-state index in [1.54, 1.807) is 0 Å². The quantitative estimate of drug-likeness (QED) is 0.849. The maximum atomic E-state index is 11.7. The van der Waals surface area contributed by atoms with Gasteiger partial charge in [-0.05, 0) is 23.2 Å². The summed E-state index contributed by atoms with van der Waals surface area (Å²) in [6.07, 6.45) is 2.36. The number of carbonyl (C=O) groups excluding carboxylic acids is 1. The number of thiazole rings is 1. The number of anilines is 2. The van der Waals surface area contributed by atoms with Crippen molar-refractivity contribution in [1.29, 1.82) is 0 Å². The zero-order valence-electron chi connectivity index (χ0n) is 8.71. The maximum Gasteiger partial charge on any atom is 0.283 e. The molecule has 3 rings (SSSR count). The molecule has 8 heteroatoms. The van der Waals surface area contributed by atoms with Gasteiger partial charge in [0.25, 0.3) is 5.91 Å². The molecule has 2 aromatic rings. The van der Waals surface area contributed by atoms with Crippen LogP contribution >= 0.6 is 11.3 Å². The lowest BCUT2D eigenvalue weighted by Crippen LogP contribution is -2.14. The first-order valence-corrected chi connectivity index (χ1v) is 5.97. The first kappa shape index (κ1) is 10.2. The Balaban J connectivity index is 1.73. The first-order valence-electron chi connectivity index (χ1n) is 5.09. The predicted octanol–water partition coefficient (Wildman–Crippen LogP) is 1.24. The van der Waals surface area contributed by atoms with Crippen LogP contribution in [-0.2, 0) is 0 Å². The van der Waals surface area contributed by atoms with Crippen LogP contribution in [0.25, 0.3) is 0 Å². The van der Waals surface area contributed by atoms with Crippen LogP contribution in [0.5, 0.6) is 0 Å². The van der Waals surface area contributed by atoms with E-state index in [0.717, 1.165) is 5.69 Å². The van der Waals surface area contributed by atoms with E-state index in [1.165, 1.54) is 24.2 Å². The summed E-state index contributed by atoms with van der Waals surface area (Å²) in [7, 11) is 0. The molecular formula is C9H9N5O2S. The van der Waals surface area contributed by atoms with Crippen LogP contribution in [-0.4, -0.2) is 21.2 Å². The fourth-order valence-electron chi connectivity index (χ4n) is 1.42. The molecule has 17 heavy (non-hydrogen) atoms. The van der Waals surface area contributed by atoms with Gasteiger partial charge in [-0.15, -0.1) is 11.3 Å². The molecular weight excluding hydrogens is 242 g/mol. The number of nitrogens with zero attached hydrogens (tertiary/aromatic N) is 3. The average Bonchev–Trinajstić information content (AvgIpc) is 2.90.